The van der Waals surface area contributed by atoms with Gasteiger partial charge in [-0.15, -0.1) is 0 Å². The molecule has 6 N–H and O–H groups in total. The van der Waals surface area contributed by atoms with Crippen molar-refractivity contribution < 1.29 is 24.9 Å². The van der Waals surface area contributed by atoms with Gasteiger partial charge < -0.3 is 31.1 Å². The molecule has 1 aromatic carbocycles. The van der Waals surface area contributed by atoms with Gasteiger partial charge in [0.1, 0.15) is 17.5 Å². The van der Waals surface area contributed by atoms with E-state index in [0.717, 1.165) is 0 Å². The first kappa shape index (κ1) is 18.1. The molecule has 22 heavy (non-hydrogen) atoms. The lowest BCUT2D eigenvalue weighted by atomic mass is 10.0. The summed E-state index contributed by atoms with van der Waals surface area (Å²) in [6.07, 6.45) is -2.69. The Balaban J connectivity index is 2.46. The van der Waals surface area contributed by atoms with Crippen molar-refractivity contribution in [2.24, 2.45) is 0 Å². The van der Waals surface area contributed by atoms with E-state index in [-0.39, 0.29) is 24.4 Å². The van der Waals surface area contributed by atoms with Crippen LogP contribution in [0.15, 0.2) is 18.2 Å². The Morgan fingerprint density at radius 3 is 2.55 bits per heavy atom. The molecule has 0 bridgehead atoms. The highest BCUT2D eigenvalue weighted by Gasteiger charge is 2.20. The second kappa shape index (κ2) is 7.33. The molecule has 0 spiro atoms. The molecule has 0 heterocycles. The van der Waals surface area contributed by atoms with Crippen LogP contribution < -0.4 is 11.1 Å². The molecule has 1 rings (SSSR count). The minimum absolute atomic E-state index is 0.0861. The topological polar surface area (TPSA) is 125 Å². The second-order valence-electron chi connectivity index (χ2n) is 6.05. The maximum atomic E-state index is 11.4. The molecule has 0 aliphatic carbocycles. The number of carbonyl (C=O) groups is 1. The quantitative estimate of drug-likeness (QED) is 0.412. The molecular weight excluding hydrogens is 288 g/mol. The standard InChI is InChI=1S/C15H24N2O5/c1-15(2,3)22-14(21)17-7-6-12(19)13(20)9-4-5-11(18)10(16)8-9/h4-5,8,12-13,18-20H,6-7,16H2,1-3H3,(H,17,21). The lowest BCUT2D eigenvalue weighted by Crippen LogP contribution is -2.34. The SMILES string of the molecule is CC(C)(C)OC(=O)NCCC(O)C(O)c1ccc(O)c(N)c1. The Morgan fingerprint density at radius 2 is 2.00 bits per heavy atom. The van der Waals surface area contributed by atoms with Gasteiger partial charge in [-0.25, -0.2) is 4.79 Å². The Bertz CT molecular complexity index is 513. The van der Waals surface area contributed by atoms with E-state index in [4.69, 9.17) is 10.5 Å². The summed E-state index contributed by atoms with van der Waals surface area (Å²) in [5.41, 5.74) is 5.46. The number of ether oxygens (including phenoxy) is 1. The van der Waals surface area contributed by atoms with E-state index >= 15 is 0 Å². The number of carbonyl (C=O) groups excluding carboxylic acids is 1. The summed E-state index contributed by atoms with van der Waals surface area (Å²) in [7, 11) is 0. The molecule has 0 aromatic heterocycles. The minimum atomic E-state index is -1.16. The smallest absolute Gasteiger partial charge is 0.407 e. The number of benzene rings is 1. The lowest BCUT2D eigenvalue weighted by Gasteiger charge is -2.21. The largest absolute Gasteiger partial charge is 0.506 e. The highest BCUT2D eigenvalue weighted by atomic mass is 16.6. The third-order valence-electron chi connectivity index (χ3n) is 2.87. The van der Waals surface area contributed by atoms with Gasteiger partial charge >= 0.3 is 6.09 Å². The van der Waals surface area contributed by atoms with Crippen LogP contribution in [0.25, 0.3) is 0 Å². The van der Waals surface area contributed by atoms with Crippen molar-refractivity contribution in [1.29, 1.82) is 0 Å². The van der Waals surface area contributed by atoms with Crippen LogP contribution in [0.5, 0.6) is 5.75 Å². The Labute approximate surface area is 129 Å². The summed E-state index contributed by atoms with van der Waals surface area (Å²) < 4.78 is 5.06. The van der Waals surface area contributed by atoms with Gasteiger partial charge in [0.25, 0.3) is 0 Å². The maximum absolute atomic E-state index is 11.4. The number of amides is 1. The van der Waals surface area contributed by atoms with Gasteiger partial charge in [-0.2, -0.15) is 0 Å². The van der Waals surface area contributed by atoms with Gasteiger partial charge in [0.05, 0.1) is 11.8 Å². The summed E-state index contributed by atoms with van der Waals surface area (Å²) in [6.45, 7) is 5.40. The number of nitrogens with one attached hydrogen (secondary N) is 1. The number of aliphatic hydroxyl groups excluding tert-OH is 2. The minimum Gasteiger partial charge on any atom is -0.506 e. The molecule has 124 valence electrons. The van der Waals surface area contributed by atoms with E-state index in [1.165, 1.54) is 18.2 Å². The van der Waals surface area contributed by atoms with Crippen LogP contribution in [-0.4, -0.2) is 39.7 Å². The number of rotatable bonds is 5. The Hall–Kier alpha value is -1.99. The number of alkyl carbamates (subject to hydrolysis) is 1. The van der Waals surface area contributed by atoms with Crippen LogP contribution in [0, 0.1) is 0 Å². The maximum Gasteiger partial charge on any atom is 0.407 e. The fourth-order valence-corrected chi connectivity index (χ4v) is 1.77. The van der Waals surface area contributed by atoms with Crippen molar-refractivity contribution in [2.75, 3.05) is 12.3 Å². The van der Waals surface area contributed by atoms with Crippen molar-refractivity contribution in [2.45, 2.75) is 45.0 Å². The summed E-state index contributed by atoms with van der Waals surface area (Å²) in [6, 6.07) is 4.21. The van der Waals surface area contributed by atoms with E-state index in [2.05, 4.69) is 5.32 Å². The Kier molecular flexibility index (Phi) is 6.01. The van der Waals surface area contributed by atoms with E-state index in [0.29, 0.717) is 5.56 Å². The molecule has 0 fully saturated rings. The van der Waals surface area contributed by atoms with Gasteiger partial charge in [-0.05, 0) is 44.9 Å². The van der Waals surface area contributed by atoms with Gasteiger partial charge in [0, 0.05) is 6.54 Å². The number of nitrogens with two attached hydrogens (primary N) is 1. The van der Waals surface area contributed by atoms with Crippen LogP contribution in [0.4, 0.5) is 10.5 Å². The van der Waals surface area contributed by atoms with E-state index in [9.17, 15) is 20.1 Å². The fourth-order valence-electron chi connectivity index (χ4n) is 1.77. The van der Waals surface area contributed by atoms with Gasteiger partial charge in [-0.3, -0.25) is 0 Å². The molecule has 0 aliphatic heterocycles. The molecule has 0 radical (unpaired) electrons. The van der Waals surface area contributed by atoms with Gasteiger partial charge in [0.15, 0.2) is 0 Å². The predicted octanol–water partition coefficient (Wildman–Crippen LogP) is 1.28. The summed E-state index contributed by atoms with van der Waals surface area (Å²) in [5, 5.41) is 31.8. The molecule has 1 aromatic rings. The zero-order valence-corrected chi connectivity index (χ0v) is 13.0. The van der Waals surface area contributed by atoms with E-state index in [1.807, 2.05) is 0 Å². The fraction of sp³-hybridized carbons (Fsp3) is 0.533. The molecule has 1 amide bonds. The third-order valence-corrected chi connectivity index (χ3v) is 2.87. The van der Waals surface area contributed by atoms with E-state index in [1.54, 1.807) is 20.8 Å². The zero-order chi connectivity index (χ0) is 16.9. The molecule has 2 unspecified atom stereocenters. The number of phenols is 1. The highest BCUT2D eigenvalue weighted by Crippen LogP contribution is 2.26. The number of aliphatic hydroxyl groups is 2. The van der Waals surface area contributed by atoms with Crippen molar-refractivity contribution in [3.05, 3.63) is 23.8 Å². The first-order valence-corrected chi connectivity index (χ1v) is 7.01. The number of hydrogen-bond acceptors (Lipinski definition) is 6. The molecule has 2 atom stereocenters. The third kappa shape index (κ3) is 5.79. The highest BCUT2D eigenvalue weighted by molar-refractivity contribution is 5.67. The Morgan fingerprint density at radius 1 is 1.36 bits per heavy atom. The van der Waals surface area contributed by atoms with Crippen LogP contribution >= 0.6 is 0 Å². The van der Waals surface area contributed by atoms with Gasteiger partial charge in [-0.1, -0.05) is 6.07 Å². The van der Waals surface area contributed by atoms with Gasteiger partial charge in [0.2, 0.25) is 0 Å². The van der Waals surface area contributed by atoms with Crippen LogP contribution in [0.3, 0.4) is 0 Å². The van der Waals surface area contributed by atoms with Crippen LogP contribution in [0.1, 0.15) is 38.9 Å². The second-order valence-corrected chi connectivity index (χ2v) is 6.05. The monoisotopic (exact) mass is 312 g/mol. The molecular formula is C15H24N2O5. The number of anilines is 1. The van der Waals surface area contributed by atoms with Crippen molar-refractivity contribution in [3.8, 4) is 5.75 Å². The van der Waals surface area contributed by atoms with Crippen molar-refractivity contribution >= 4 is 11.8 Å². The first-order chi connectivity index (χ1) is 10.1. The number of aromatic hydroxyl groups is 1. The molecule has 7 nitrogen and oxygen atoms in total. The number of phenolic OH excluding ortho intramolecular Hbond substituents is 1. The predicted molar refractivity (Wildman–Crippen MR) is 82.3 cm³/mol. The average molecular weight is 312 g/mol. The van der Waals surface area contributed by atoms with Crippen molar-refractivity contribution in [1.82, 2.24) is 5.32 Å². The summed E-state index contributed by atoms with van der Waals surface area (Å²) in [5.74, 6) is -0.0861. The molecule has 0 saturated heterocycles. The number of hydrogen-bond donors (Lipinski definition) is 5. The normalized spacial score (nSPS) is 14.2. The summed E-state index contributed by atoms with van der Waals surface area (Å²) >= 11 is 0. The molecule has 7 heteroatoms. The first-order valence-electron chi connectivity index (χ1n) is 7.01. The average Bonchev–Trinajstić information content (AvgIpc) is 2.38. The van der Waals surface area contributed by atoms with Crippen LogP contribution in [0.2, 0.25) is 0 Å². The van der Waals surface area contributed by atoms with Crippen molar-refractivity contribution in [3.63, 3.8) is 0 Å². The van der Waals surface area contributed by atoms with Crippen LogP contribution in [-0.2, 0) is 4.74 Å². The molecule has 0 aliphatic rings. The van der Waals surface area contributed by atoms with E-state index < -0.39 is 23.9 Å². The lowest BCUT2D eigenvalue weighted by molar-refractivity contribution is 0.0123. The molecule has 0 saturated carbocycles. The number of nitrogen functional groups attached to an aromatic ring is 1. The zero-order valence-electron chi connectivity index (χ0n) is 13.0. The summed E-state index contributed by atoms with van der Waals surface area (Å²) in [4.78, 5) is 11.4.